The second kappa shape index (κ2) is 4.99. The number of rotatable bonds is 2. The maximum atomic E-state index is 9.38. The molecule has 2 heteroatoms. The maximum Gasteiger partial charge on any atom is 0.0675 e. The lowest BCUT2D eigenvalue weighted by molar-refractivity contribution is 0.179. The lowest BCUT2D eigenvalue weighted by atomic mass is 9.77. The van der Waals surface area contributed by atoms with E-state index in [2.05, 4.69) is 18.0 Å². The largest absolute Gasteiger partial charge is 0.302 e. The van der Waals surface area contributed by atoms with Gasteiger partial charge < -0.3 is 4.90 Å². The van der Waals surface area contributed by atoms with E-state index in [1.165, 1.54) is 51.5 Å². The highest BCUT2D eigenvalue weighted by Gasteiger charge is 2.35. The van der Waals surface area contributed by atoms with Crippen LogP contribution >= 0.6 is 0 Å². The molecule has 2 nitrogen and oxygen atoms in total. The van der Waals surface area contributed by atoms with E-state index in [-0.39, 0.29) is 0 Å². The summed E-state index contributed by atoms with van der Waals surface area (Å²) in [5.74, 6) is 0.993. The lowest BCUT2D eigenvalue weighted by Crippen LogP contribution is -2.36. The summed E-state index contributed by atoms with van der Waals surface area (Å²) in [6.45, 7) is 1.19. The first-order valence-electron chi connectivity index (χ1n) is 6.43. The maximum absolute atomic E-state index is 9.38. The van der Waals surface area contributed by atoms with Crippen molar-refractivity contribution in [2.24, 2.45) is 11.8 Å². The zero-order chi connectivity index (χ0) is 10.7. The van der Waals surface area contributed by atoms with Gasteiger partial charge in [-0.2, -0.15) is 5.26 Å². The Kier molecular flexibility index (Phi) is 3.64. The van der Waals surface area contributed by atoms with Crippen molar-refractivity contribution in [3.63, 3.8) is 0 Å². The topological polar surface area (TPSA) is 27.0 Å². The molecule has 0 radical (unpaired) electrons. The minimum Gasteiger partial charge on any atom is -0.302 e. The molecular weight excluding hydrogens is 184 g/mol. The summed E-state index contributed by atoms with van der Waals surface area (Å²) in [6.07, 6.45) is 9.19. The van der Waals surface area contributed by atoms with Crippen LogP contribution in [-0.2, 0) is 0 Å². The van der Waals surface area contributed by atoms with Crippen molar-refractivity contribution >= 4 is 0 Å². The molecule has 0 aromatic heterocycles. The van der Waals surface area contributed by atoms with Gasteiger partial charge >= 0.3 is 0 Å². The molecule has 1 heterocycles. The molecule has 15 heavy (non-hydrogen) atoms. The van der Waals surface area contributed by atoms with E-state index in [1.807, 2.05) is 0 Å². The molecule has 0 bridgehead atoms. The minimum absolute atomic E-state index is 0.304. The Balaban J connectivity index is 1.99. The lowest BCUT2D eigenvalue weighted by Gasteiger charge is -2.32. The quantitative estimate of drug-likeness (QED) is 0.694. The Labute approximate surface area is 93.3 Å². The Morgan fingerprint density at radius 3 is 2.40 bits per heavy atom. The number of nitriles is 1. The molecule has 0 aromatic carbocycles. The first-order chi connectivity index (χ1) is 7.33. The summed E-state index contributed by atoms with van der Waals surface area (Å²) < 4.78 is 0. The standard InChI is InChI=1S/C13H22N2/c1-15-9-5-8-13(15)12(10-14)11-6-3-2-4-7-11/h11-13H,2-9H2,1H3. The molecule has 1 aliphatic heterocycles. The van der Waals surface area contributed by atoms with E-state index in [0.29, 0.717) is 17.9 Å². The number of nitrogens with zero attached hydrogens (tertiary/aromatic N) is 2. The zero-order valence-corrected chi connectivity index (χ0v) is 9.78. The van der Waals surface area contributed by atoms with Gasteiger partial charge in [0, 0.05) is 6.04 Å². The van der Waals surface area contributed by atoms with Crippen LogP contribution in [0.1, 0.15) is 44.9 Å². The highest BCUT2D eigenvalue weighted by molar-refractivity contribution is 4.99. The average Bonchev–Trinajstić information content (AvgIpc) is 2.68. The van der Waals surface area contributed by atoms with Gasteiger partial charge in [0.05, 0.1) is 12.0 Å². The SMILES string of the molecule is CN1CCCC1C(C#N)C1CCCCC1. The second-order valence-corrected chi connectivity index (χ2v) is 5.24. The molecule has 0 aromatic rings. The van der Waals surface area contributed by atoms with E-state index < -0.39 is 0 Å². The van der Waals surface area contributed by atoms with Crippen LogP contribution in [0.2, 0.25) is 0 Å². The highest BCUT2D eigenvalue weighted by Crippen LogP contribution is 2.35. The van der Waals surface area contributed by atoms with Crippen LogP contribution in [0.5, 0.6) is 0 Å². The molecule has 1 aliphatic carbocycles. The van der Waals surface area contributed by atoms with Crippen LogP contribution in [0.3, 0.4) is 0 Å². The minimum atomic E-state index is 0.304. The molecule has 2 fully saturated rings. The third kappa shape index (κ3) is 2.34. The van der Waals surface area contributed by atoms with Gasteiger partial charge in [0.15, 0.2) is 0 Å². The highest BCUT2D eigenvalue weighted by atomic mass is 15.1. The van der Waals surface area contributed by atoms with Gasteiger partial charge in [-0.15, -0.1) is 0 Å². The molecule has 2 rings (SSSR count). The second-order valence-electron chi connectivity index (χ2n) is 5.24. The first-order valence-corrected chi connectivity index (χ1v) is 6.43. The Bertz CT molecular complexity index is 237. The fraction of sp³-hybridized carbons (Fsp3) is 0.923. The summed E-state index contributed by atoms with van der Waals surface area (Å²) in [5, 5.41) is 9.38. The van der Waals surface area contributed by atoms with Crippen LogP contribution in [0.25, 0.3) is 0 Å². The van der Waals surface area contributed by atoms with Gasteiger partial charge in [0.25, 0.3) is 0 Å². The van der Waals surface area contributed by atoms with Gasteiger partial charge in [-0.25, -0.2) is 0 Å². The van der Waals surface area contributed by atoms with Gasteiger partial charge in [-0.1, -0.05) is 19.3 Å². The Morgan fingerprint density at radius 1 is 1.13 bits per heavy atom. The molecule has 0 N–H and O–H groups in total. The third-order valence-electron chi connectivity index (χ3n) is 4.30. The average molecular weight is 206 g/mol. The fourth-order valence-electron chi connectivity index (χ4n) is 3.39. The van der Waals surface area contributed by atoms with Crippen LogP contribution in [0, 0.1) is 23.2 Å². The van der Waals surface area contributed by atoms with Gasteiger partial charge in [-0.05, 0) is 45.2 Å². The first kappa shape index (κ1) is 11.0. The van der Waals surface area contributed by atoms with Gasteiger partial charge in [-0.3, -0.25) is 0 Å². The molecule has 0 amide bonds. The van der Waals surface area contributed by atoms with Crippen LogP contribution in [-0.4, -0.2) is 24.5 Å². The normalized spacial score (nSPS) is 31.3. The van der Waals surface area contributed by atoms with Crippen molar-refractivity contribution in [3.8, 4) is 6.07 Å². The summed E-state index contributed by atoms with van der Waals surface area (Å²) in [6, 6.07) is 3.16. The van der Waals surface area contributed by atoms with Crippen LogP contribution in [0.15, 0.2) is 0 Å². The van der Waals surface area contributed by atoms with Crippen LogP contribution in [0.4, 0.5) is 0 Å². The molecule has 84 valence electrons. The van der Waals surface area contributed by atoms with Crippen molar-refractivity contribution in [2.45, 2.75) is 51.0 Å². The number of likely N-dealkylation sites (tertiary alicyclic amines) is 1. The number of hydrogen-bond acceptors (Lipinski definition) is 2. The summed E-state index contributed by atoms with van der Waals surface area (Å²) >= 11 is 0. The third-order valence-corrected chi connectivity index (χ3v) is 4.30. The molecular formula is C13H22N2. The van der Waals surface area contributed by atoms with Crippen molar-refractivity contribution in [3.05, 3.63) is 0 Å². The summed E-state index contributed by atoms with van der Waals surface area (Å²) in [4.78, 5) is 2.41. The molecule has 1 saturated carbocycles. The molecule has 1 saturated heterocycles. The monoisotopic (exact) mass is 206 g/mol. The molecule has 2 aliphatic rings. The molecule has 2 atom stereocenters. The van der Waals surface area contributed by atoms with E-state index in [1.54, 1.807) is 0 Å². The summed E-state index contributed by atoms with van der Waals surface area (Å²) in [5.41, 5.74) is 0. The van der Waals surface area contributed by atoms with Crippen molar-refractivity contribution < 1.29 is 0 Å². The number of hydrogen-bond donors (Lipinski definition) is 0. The van der Waals surface area contributed by atoms with Gasteiger partial charge in [0.1, 0.15) is 0 Å². The molecule has 0 spiro atoms. The Morgan fingerprint density at radius 2 is 1.87 bits per heavy atom. The smallest absolute Gasteiger partial charge is 0.0675 e. The molecule has 2 unspecified atom stereocenters. The van der Waals surface area contributed by atoms with E-state index >= 15 is 0 Å². The Hall–Kier alpha value is -0.550. The zero-order valence-electron chi connectivity index (χ0n) is 9.78. The van der Waals surface area contributed by atoms with Crippen LogP contribution < -0.4 is 0 Å². The van der Waals surface area contributed by atoms with Crippen molar-refractivity contribution in [2.75, 3.05) is 13.6 Å². The summed E-state index contributed by atoms with van der Waals surface area (Å²) in [7, 11) is 2.19. The van der Waals surface area contributed by atoms with Crippen molar-refractivity contribution in [1.29, 1.82) is 5.26 Å². The van der Waals surface area contributed by atoms with E-state index in [9.17, 15) is 5.26 Å². The fourth-order valence-corrected chi connectivity index (χ4v) is 3.39. The predicted octanol–water partition coefficient (Wildman–Crippen LogP) is 2.80. The predicted molar refractivity (Wildman–Crippen MR) is 61.3 cm³/mol. The van der Waals surface area contributed by atoms with Gasteiger partial charge in [0.2, 0.25) is 0 Å². The van der Waals surface area contributed by atoms with E-state index in [0.717, 1.165) is 0 Å². The van der Waals surface area contributed by atoms with Crippen molar-refractivity contribution in [1.82, 2.24) is 4.90 Å². The van der Waals surface area contributed by atoms with E-state index in [4.69, 9.17) is 0 Å².